The van der Waals surface area contributed by atoms with Gasteiger partial charge in [-0.05, 0) is 22.6 Å². The minimum Gasteiger partial charge on any atom is -0.323 e. The number of carbonyl (C=O) groups excluding carboxylic acids is 1. The molecule has 9 nitrogen and oxygen atoms in total. The third-order valence-electron chi connectivity index (χ3n) is 2.16. The molecule has 19 heavy (non-hydrogen) atoms. The molecule has 0 aliphatic rings. The van der Waals surface area contributed by atoms with Crippen LogP contribution >= 0.6 is 0 Å². The first-order valence-corrected chi connectivity index (χ1v) is 6.64. The summed E-state index contributed by atoms with van der Waals surface area (Å²) in [6.45, 7) is -0.133. The van der Waals surface area contributed by atoms with Crippen molar-refractivity contribution in [2.24, 2.45) is 5.14 Å². The predicted molar refractivity (Wildman–Crippen MR) is 64.3 cm³/mol. The van der Waals surface area contributed by atoms with E-state index in [9.17, 15) is 13.2 Å². The number of aromatic nitrogens is 4. The van der Waals surface area contributed by atoms with Crippen LogP contribution < -0.4 is 10.5 Å². The van der Waals surface area contributed by atoms with Crippen molar-refractivity contribution in [1.82, 2.24) is 20.2 Å². The Balaban J connectivity index is 2.18. The molecule has 2 rings (SSSR count). The number of hydrogen-bond donors (Lipinski definition) is 2. The van der Waals surface area contributed by atoms with Crippen LogP contribution in [0.5, 0.6) is 0 Å². The molecule has 0 aliphatic carbocycles. The molecule has 0 atom stereocenters. The topological polar surface area (TPSA) is 133 Å². The molecule has 0 saturated carbocycles. The van der Waals surface area contributed by atoms with Gasteiger partial charge in [0.2, 0.25) is 15.9 Å². The van der Waals surface area contributed by atoms with Crippen molar-refractivity contribution in [3.05, 3.63) is 30.6 Å². The summed E-state index contributed by atoms with van der Waals surface area (Å²) in [4.78, 5) is 11.5. The lowest BCUT2D eigenvalue weighted by Crippen LogP contribution is -2.22. The maximum absolute atomic E-state index is 11.7. The van der Waals surface area contributed by atoms with E-state index in [0.717, 1.165) is 0 Å². The Morgan fingerprint density at radius 2 is 2.11 bits per heavy atom. The van der Waals surface area contributed by atoms with Gasteiger partial charge in [-0.3, -0.25) is 4.79 Å². The number of carbonyl (C=O) groups is 1. The Morgan fingerprint density at radius 1 is 1.37 bits per heavy atom. The van der Waals surface area contributed by atoms with Gasteiger partial charge in [-0.25, -0.2) is 18.2 Å². The van der Waals surface area contributed by atoms with Crippen LogP contribution in [0.4, 0.5) is 5.69 Å². The van der Waals surface area contributed by atoms with E-state index in [0.29, 0.717) is 0 Å². The van der Waals surface area contributed by atoms with Gasteiger partial charge in [-0.1, -0.05) is 12.1 Å². The zero-order valence-corrected chi connectivity index (χ0v) is 10.4. The van der Waals surface area contributed by atoms with E-state index in [4.69, 9.17) is 5.14 Å². The minimum atomic E-state index is -3.90. The number of amides is 1. The first kappa shape index (κ1) is 13.1. The molecule has 3 N–H and O–H groups in total. The highest BCUT2D eigenvalue weighted by molar-refractivity contribution is 7.89. The van der Waals surface area contributed by atoms with Crippen LogP contribution in [0.3, 0.4) is 0 Å². The largest absolute Gasteiger partial charge is 0.323 e. The Hall–Kier alpha value is -2.33. The number of sulfonamides is 1. The number of hydrogen-bond acceptors (Lipinski definition) is 6. The first-order valence-electron chi connectivity index (χ1n) is 5.09. The fraction of sp³-hybridized carbons (Fsp3) is 0.111. The molecule has 0 saturated heterocycles. The molecule has 1 aromatic heterocycles. The Morgan fingerprint density at radius 3 is 2.74 bits per heavy atom. The van der Waals surface area contributed by atoms with Crippen LogP contribution in [0.2, 0.25) is 0 Å². The van der Waals surface area contributed by atoms with Crippen LogP contribution in [0, 0.1) is 0 Å². The third-order valence-corrected chi connectivity index (χ3v) is 3.13. The molecular formula is C9H10N6O3S. The van der Waals surface area contributed by atoms with Gasteiger partial charge in [0.05, 0.1) is 5.69 Å². The van der Waals surface area contributed by atoms with Crippen molar-refractivity contribution in [2.45, 2.75) is 11.4 Å². The number of para-hydroxylation sites is 1. The lowest BCUT2D eigenvalue weighted by Gasteiger charge is -2.08. The van der Waals surface area contributed by atoms with Gasteiger partial charge in [0.15, 0.2) is 0 Å². The quantitative estimate of drug-likeness (QED) is 0.735. The van der Waals surface area contributed by atoms with Gasteiger partial charge < -0.3 is 5.32 Å². The molecule has 2 aromatic rings. The molecule has 100 valence electrons. The number of benzene rings is 1. The fourth-order valence-corrected chi connectivity index (χ4v) is 2.10. The summed E-state index contributed by atoms with van der Waals surface area (Å²) in [5, 5.41) is 17.8. The van der Waals surface area contributed by atoms with Crippen molar-refractivity contribution in [3.63, 3.8) is 0 Å². The lowest BCUT2D eigenvalue weighted by atomic mass is 10.3. The van der Waals surface area contributed by atoms with Crippen LogP contribution in [0.25, 0.3) is 0 Å². The zero-order valence-electron chi connectivity index (χ0n) is 9.59. The summed E-state index contributed by atoms with van der Waals surface area (Å²) < 4.78 is 23.9. The molecule has 1 heterocycles. The molecule has 0 unspecified atom stereocenters. The van der Waals surface area contributed by atoms with Crippen LogP contribution in [-0.4, -0.2) is 34.5 Å². The number of nitrogens with zero attached hydrogens (tertiary/aromatic N) is 4. The SMILES string of the molecule is NS(=O)(=O)c1ccccc1NC(=O)Cn1cnnn1. The summed E-state index contributed by atoms with van der Waals surface area (Å²) in [6.07, 6.45) is 1.27. The maximum Gasteiger partial charge on any atom is 0.246 e. The number of nitrogens with one attached hydrogen (secondary N) is 1. The van der Waals surface area contributed by atoms with Crippen molar-refractivity contribution in [2.75, 3.05) is 5.32 Å². The molecule has 1 aromatic carbocycles. The Kier molecular flexibility index (Phi) is 3.53. The van der Waals surface area contributed by atoms with Crippen LogP contribution in [0.1, 0.15) is 0 Å². The van der Waals surface area contributed by atoms with Crippen LogP contribution in [0.15, 0.2) is 35.5 Å². The van der Waals surface area contributed by atoms with E-state index in [1.807, 2.05) is 0 Å². The van der Waals surface area contributed by atoms with Crippen LogP contribution in [-0.2, 0) is 21.4 Å². The van der Waals surface area contributed by atoms with E-state index in [2.05, 4.69) is 20.8 Å². The maximum atomic E-state index is 11.7. The molecular weight excluding hydrogens is 272 g/mol. The smallest absolute Gasteiger partial charge is 0.246 e. The summed E-state index contributed by atoms with van der Waals surface area (Å²) in [5.74, 6) is -0.469. The Labute approximate surface area is 108 Å². The Bertz CT molecular complexity index is 682. The van der Waals surface area contributed by atoms with Gasteiger partial charge in [-0.2, -0.15) is 0 Å². The third kappa shape index (κ3) is 3.33. The second kappa shape index (κ2) is 5.12. The number of primary sulfonamides is 1. The van der Waals surface area contributed by atoms with Crippen molar-refractivity contribution < 1.29 is 13.2 Å². The van der Waals surface area contributed by atoms with E-state index < -0.39 is 15.9 Å². The van der Waals surface area contributed by atoms with E-state index in [1.54, 1.807) is 6.07 Å². The lowest BCUT2D eigenvalue weighted by molar-refractivity contribution is -0.116. The number of nitrogens with two attached hydrogens (primary N) is 1. The second-order valence-electron chi connectivity index (χ2n) is 3.60. The number of anilines is 1. The average Bonchev–Trinajstić information content (AvgIpc) is 2.81. The predicted octanol–water partition coefficient (Wildman–Crippen LogP) is -1.04. The highest BCUT2D eigenvalue weighted by Crippen LogP contribution is 2.19. The van der Waals surface area contributed by atoms with E-state index in [-0.39, 0.29) is 17.1 Å². The van der Waals surface area contributed by atoms with Crippen molar-refractivity contribution in [3.8, 4) is 0 Å². The molecule has 0 radical (unpaired) electrons. The van der Waals surface area contributed by atoms with Gasteiger partial charge >= 0.3 is 0 Å². The second-order valence-corrected chi connectivity index (χ2v) is 5.13. The standard InChI is InChI=1S/C9H10N6O3S/c10-19(17,18)8-4-2-1-3-7(8)12-9(16)5-15-6-11-13-14-15/h1-4,6H,5H2,(H,12,16)(H2,10,17,18). The molecule has 0 fully saturated rings. The minimum absolute atomic E-state index is 0.114. The number of tetrazole rings is 1. The summed E-state index contributed by atoms with van der Waals surface area (Å²) in [5.41, 5.74) is 0.114. The van der Waals surface area contributed by atoms with E-state index >= 15 is 0 Å². The highest BCUT2D eigenvalue weighted by atomic mass is 32.2. The van der Waals surface area contributed by atoms with Gasteiger partial charge in [0.1, 0.15) is 17.8 Å². The number of rotatable bonds is 4. The average molecular weight is 282 g/mol. The highest BCUT2D eigenvalue weighted by Gasteiger charge is 2.15. The normalized spacial score (nSPS) is 11.2. The van der Waals surface area contributed by atoms with Crippen molar-refractivity contribution in [1.29, 1.82) is 0 Å². The molecule has 0 aliphatic heterocycles. The van der Waals surface area contributed by atoms with Crippen molar-refractivity contribution >= 4 is 21.6 Å². The van der Waals surface area contributed by atoms with Gasteiger partial charge in [0, 0.05) is 0 Å². The van der Waals surface area contributed by atoms with Gasteiger partial charge in [-0.15, -0.1) is 5.10 Å². The van der Waals surface area contributed by atoms with E-state index in [1.165, 1.54) is 29.2 Å². The molecule has 0 bridgehead atoms. The summed E-state index contributed by atoms with van der Waals surface area (Å²) >= 11 is 0. The molecule has 0 spiro atoms. The first-order chi connectivity index (χ1) is 8.97. The summed E-state index contributed by atoms with van der Waals surface area (Å²) in [6, 6.07) is 5.84. The summed E-state index contributed by atoms with van der Waals surface area (Å²) in [7, 11) is -3.90. The van der Waals surface area contributed by atoms with Gasteiger partial charge in [0.25, 0.3) is 0 Å². The molecule has 1 amide bonds. The molecule has 10 heteroatoms. The fourth-order valence-electron chi connectivity index (χ4n) is 1.41. The monoisotopic (exact) mass is 282 g/mol. The zero-order chi connectivity index (χ0) is 13.9.